The average Bonchev–Trinajstić information content (AvgIpc) is 2.55. The quantitative estimate of drug-likeness (QED) is 0.804. The topological polar surface area (TPSA) is 42.0 Å². The van der Waals surface area contributed by atoms with E-state index < -0.39 is 0 Å². The van der Waals surface area contributed by atoms with Gasteiger partial charge in [0.2, 0.25) is 5.91 Å². The van der Waals surface area contributed by atoms with Crippen LogP contribution in [0, 0.1) is 0 Å². The molecule has 1 heterocycles. The van der Waals surface area contributed by atoms with E-state index in [1.807, 2.05) is 23.1 Å². The zero-order valence-electron chi connectivity index (χ0n) is 13.8. The molecule has 1 aliphatic heterocycles. The minimum Gasteiger partial charge on any atom is -0.493 e. The Labute approximate surface area is 132 Å². The third-order valence-corrected chi connectivity index (χ3v) is 4.07. The van der Waals surface area contributed by atoms with Crippen LogP contribution in [0.25, 0.3) is 0 Å². The first-order chi connectivity index (χ1) is 10.7. The van der Waals surface area contributed by atoms with Gasteiger partial charge in [-0.1, -0.05) is 13.0 Å². The van der Waals surface area contributed by atoms with E-state index in [1.165, 1.54) is 6.42 Å². The lowest BCUT2D eigenvalue weighted by molar-refractivity contribution is -0.132. The lowest BCUT2D eigenvalue weighted by Crippen LogP contribution is -2.49. The number of nitrogens with zero attached hydrogens (tertiary/aromatic N) is 2. The van der Waals surface area contributed by atoms with Gasteiger partial charge >= 0.3 is 0 Å². The SMILES string of the molecule is CCCN1CCN(C(=O)Cc2ccc(OC)c(OC)c2)CC1. The maximum absolute atomic E-state index is 12.4. The largest absolute Gasteiger partial charge is 0.493 e. The van der Waals surface area contributed by atoms with E-state index in [4.69, 9.17) is 9.47 Å². The summed E-state index contributed by atoms with van der Waals surface area (Å²) < 4.78 is 10.5. The van der Waals surface area contributed by atoms with Crippen molar-refractivity contribution in [1.29, 1.82) is 0 Å². The molecule has 0 radical (unpaired) electrons. The first-order valence-electron chi connectivity index (χ1n) is 7.89. The fourth-order valence-electron chi connectivity index (χ4n) is 2.81. The molecule has 122 valence electrons. The smallest absolute Gasteiger partial charge is 0.227 e. The molecule has 1 aliphatic rings. The lowest BCUT2D eigenvalue weighted by Gasteiger charge is -2.34. The van der Waals surface area contributed by atoms with Crippen molar-refractivity contribution in [2.24, 2.45) is 0 Å². The zero-order chi connectivity index (χ0) is 15.9. The van der Waals surface area contributed by atoms with Gasteiger partial charge in [-0.15, -0.1) is 0 Å². The van der Waals surface area contributed by atoms with Crippen molar-refractivity contribution in [3.8, 4) is 11.5 Å². The molecule has 1 amide bonds. The van der Waals surface area contributed by atoms with Crippen LogP contribution >= 0.6 is 0 Å². The summed E-state index contributed by atoms with van der Waals surface area (Å²) in [6.07, 6.45) is 1.58. The first kappa shape index (κ1) is 16.6. The summed E-state index contributed by atoms with van der Waals surface area (Å²) in [7, 11) is 3.22. The van der Waals surface area contributed by atoms with E-state index in [0.29, 0.717) is 17.9 Å². The molecule has 0 aromatic heterocycles. The maximum Gasteiger partial charge on any atom is 0.227 e. The van der Waals surface area contributed by atoms with Crippen LogP contribution in [-0.2, 0) is 11.2 Å². The van der Waals surface area contributed by atoms with Gasteiger partial charge in [-0.3, -0.25) is 9.69 Å². The number of hydrogen-bond acceptors (Lipinski definition) is 4. The van der Waals surface area contributed by atoms with E-state index in [1.54, 1.807) is 14.2 Å². The minimum absolute atomic E-state index is 0.184. The Bertz CT molecular complexity index is 497. The van der Waals surface area contributed by atoms with Crippen molar-refractivity contribution in [1.82, 2.24) is 9.80 Å². The normalized spacial score (nSPS) is 15.7. The number of hydrogen-bond donors (Lipinski definition) is 0. The van der Waals surface area contributed by atoms with Gasteiger partial charge in [0.25, 0.3) is 0 Å². The standard InChI is InChI=1S/C17H26N2O3/c1-4-7-18-8-10-19(11-9-18)17(20)13-14-5-6-15(21-2)16(12-14)22-3/h5-6,12H,4,7-11,13H2,1-3H3. The van der Waals surface area contributed by atoms with E-state index in [-0.39, 0.29) is 5.91 Å². The second-order valence-corrected chi connectivity index (χ2v) is 5.59. The Morgan fingerprint density at radius 2 is 1.77 bits per heavy atom. The molecule has 1 aromatic carbocycles. The van der Waals surface area contributed by atoms with Gasteiger partial charge in [-0.25, -0.2) is 0 Å². The Kier molecular flexibility index (Phi) is 6.07. The molecule has 0 atom stereocenters. The van der Waals surface area contributed by atoms with Crippen LogP contribution in [0.3, 0.4) is 0 Å². The summed E-state index contributed by atoms with van der Waals surface area (Å²) in [6, 6.07) is 5.65. The van der Waals surface area contributed by atoms with Crippen molar-refractivity contribution < 1.29 is 14.3 Å². The third kappa shape index (κ3) is 4.13. The molecule has 5 heteroatoms. The Morgan fingerprint density at radius 3 is 2.36 bits per heavy atom. The highest BCUT2D eigenvalue weighted by atomic mass is 16.5. The average molecular weight is 306 g/mol. The molecular weight excluding hydrogens is 280 g/mol. The van der Waals surface area contributed by atoms with Crippen molar-refractivity contribution in [3.05, 3.63) is 23.8 Å². The number of amides is 1. The van der Waals surface area contributed by atoms with Crippen LogP contribution in [0.15, 0.2) is 18.2 Å². The van der Waals surface area contributed by atoms with Crippen molar-refractivity contribution in [2.45, 2.75) is 19.8 Å². The lowest BCUT2D eigenvalue weighted by atomic mass is 10.1. The molecule has 0 bridgehead atoms. The summed E-state index contributed by atoms with van der Waals surface area (Å²) in [5.74, 6) is 1.54. The molecule has 1 aromatic rings. The first-order valence-corrected chi connectivity index (χ1v) is 7.89. The molecular formula is C17H26N2O3. The minimum atomic E-state index is 0.184. The molecule has 0 spiro atoms. The van der Waals surface area contributed by atoms with Crippen LogP contribution in [0.1, 0.15) is 18.9 Å². The van der Waals surface area contributed by atoms with E-state index in [9.17, 15) is 4.79 Å². The second kappa shape index (κ2) is 8.03. The van der Waals surface area contributed by atoms with Crippen molar-refractivity contribution in [3.63, 3.8) is 0 Å². The summed E-state index contributed by atoms with van der Waals surface area (Å²) in [5.41, 5.74) is 0.957. The molecule has 1 saturated heterocycles. The van der Waals surface area contributed by atoms with Crippen LogP contribution in [0.5, 0.6) is 11.5 Å². The number of rotatable bonds is 6. The molecule has 0 unspecified atom stereocenters. The zero-order valence-corrected chi connectivity index (χ0v) is 13.8. The predicted molar refractivity (Wildman–Crippen MR) is 86.6 cm³/mol. The summed E-state index contributed by atoms with van der Waals surface area (Å²) in [6.45, 7) is 6.92. The molecule has 5 nitrogen and oxygen atoms in total. The van der Waals surface area contributed by atoms with Gasteiger partial charge in [0.15, 0.2) is 11.5 Å². The summed E-state index contributed by atoms with van der Waals surface area (Å²) in [4.78, 5) is 16.8. The predicted octanol–water partition coefficient (Wildman–Crippen LogP) is 1.80. The molecule has 1 fully saturated rings. The van der Waals surface area contributed by atoms with Gasteiger partial charge in [0.05, 0.1) is 20.6 Å². The molecule has 0 N–H and O–H groups in total. The van der Waals surface area contributed by atoms with Crippen LogP contribution in [0.4, 0.5) is 0 Å². The van der Waals surface area contributed by atoms with Crippen LogP contribution in [-0.4, -0.2) is 62.7 Å². The highest BCUT2D eigenvalue weighted by Crippen LogP contribution is 2.27. The number of piperazine rings is 1. The highest BCUT2D eigenvalue weighted by Gasteiger charge is 2.20. The number of benzene rings is 1. The Morgan fingerprint density at radius 1 is 1.09 bits per heavy atom. The monoisotopic (exact) mass is 306 g/mol. The Hall–Kier alpha value is -1.75. The van der Waals surface area contributed by atoms with E-state index >= 15 is 0 Å². The molecule has 0 aliphatic carbocycles. The van der Waals surface area contributed by atoms with Gasteiger partial charge in [-0.2, -0.15) is 0 Å². The van der Waals surface area contributed by atoms with Crippen LogP contribution < -0.4 is 9.47 Å². The molecule has 0 saturated carbocycles. The highest BCUT2D eigenvalue weighted by molar-refractivity contribution is 5.79. The number of ether oxygens (including phenoxy) is 2. The van der Waals surface area contributed by atoms with Gasteiger partial charge in [-0.05, 0) is 30.7 Å². The number of carbonyl (C=O) groups excluding carboxylic acids is 1. The summed E-state index contributed by atoms with van der Waals surface area (Å²) >= 11 is 0. The maximum atomic E-state index is 12.4. The Balaban J connectivity index is 1.92. The van der Waals surface area contributed by atoms with Gasteiger partial charge in [0.1, 0.15) is 0 Å². The van der Waals surface area contributed by atoms with Gasteiger partial charge in [0, 0.05) is 26.2 Å². The summed E-state index contributed by atoms with van der Waals surface area (Å²) in [5, 5.41) is 0. The molecule has 2 rings (SSSR count). The fraction of sp³-hybridized carbons (Fsp3) is 0.588. The van der Waals surface area contributed by atoms with Crippen molar-refractivity contribution in [2.75, 3.05) is 46.9 Å². The van der Waals surface area contributed by atoms with Crippen LogP contribution in [0.2, 0.25) is 0 Å². The number of methoxy groups -OCH3 is 2. The van der Waals surface area contributed by atoms with Gasteiger partial charge < -0.3 is 14.4 Å². The van der Waals surface area contributed by atoms with Crippen molar-refractivity contribution >= 4 is 5.91 Å². The fourth-order valence-corrected chi connectivity index (χ4v) is 2.81. The number of carbonyl (C=O) groups is 1. The van der Waals surface area contributed by atoms with E-state index in [2.05, 4.69) is 11.8 Å². The second-order valence-electron chi connectivity index (χ2n) is 5.59. The third-order valence-electron chi connectivity index (χ3n) is 4.07. The van der Waals surface area contributed by atoms with E-state index in [0.717, 1.165) is 38.3 Å². The molecule has 22 heavy (non-hydrogen) atoms.